The Labute approximate surface area is 158 Å². The summed E-state index contributed by atoms with van der Waals surface area (Å²) in [5.41, 5.74) is 1.39. The lowest BCUT2D eigenvalue weighted by molar-refractivity contribution is -0.121. The van der Waals surface area contributed by atoms with Gasteiger partial charge in [-0.2, -0.15) is 0 Å². The summed E-state index contributed by atoms with van der Waals surface area (Å²) in [6.07, 6.45) is 1.67. The minimum atomic E-state index is -0.146. The number of benzene rings is 2. The number of halogens is 1. The molecule has 6 nitrogen and oxygen atoms in total. The average Bonchev–Trinajstić information content (AvgIpc) is 2.66. The molecule has 0 saturated heterocycles. The molecule has 0 unspecified atom stereocenters. The number of ether oxygens (including phenoxy) is 1. The van der Waals surface area contributed by atoms with Gasteiger partial charge in [0.1, 0.15) is 5.75 Å². The number of carbonyl (C=O) groups excluding carboxylic acids is 1. The van der Waals surface area contributed by atoms with E-state index in [0.717, 1.165) is 10.0 Å². The van der Waals surface area contributed by atoms with Crippen molar-refractivity contribution in [1.29, 1.82) is 0 Å². The predicted molar refractivity (Wildman–Crippen MR) is 103 cm³/mol. The van der Waals surface area contributed by atoms with Crippen LogP contribution < -0.4 is 15.6 Å². The number of carbonyl (C=O) groups is 1. The molecule has 0 bridgehead atoms. The van der Waals surface area contributed by atoms with Gasteiger partial charge in [-0.15, -0.1) is 0 Å². The number of methoxy groups -OCH3 is 1. The van der Waals surface area contributed by atoms with E-state index in [1.807, 2.05) is 24.3 Å². The summed E-state index contributed by atoms with van der Waals surface area (Å²) in [6.45, 7) is 0.629. The molecule has 3 rings (SSSR count). The van der Waals surface area contributed by atoms with Gasteiger partial charge in [0.05, 0.1) is 24.3 Å². The van der Waals surface area contributed by atoms with E-state index < -0.39 is 0 Å². The molecule has 1 N–H and O–H groups in total. The van der Waals surface area contributed by atoms with Gasteiger partial charge < -0.3 is 10.1 Å². The molecule has 2 aromatic carbocycles. The number of aromatic nitrogens is 2. The van der Waals surface area contributed by atoms with E-state index >= 15 is 0 Å². The summed E-state index contributed by atoms with van der Waals surface area (Å²) in [5.74, 6) is 0.565. The number of hydrogen-bond donors (Lipinski definition) is 1. The fraction of sp³-hybridized carbons (Fsp3) is 0.211. The largest absolute Gasteiger partial charge is 0.496 e. The number of nitrogens with zero attached hydrogens (tertiary/aromatic N) is 2. The maximum atomic E-state index is 12.4. The topological polar surface area (TPSA) is 73.2 Å². The zero-order valence-electron chi connectivity index (χ0n) is 14.2. The van der Waals surface area contributed by atoms with E-state index in [2.05, 4.69) is 26.2 Å². The number of amides is 1. The van der Waals surface area contributed by atoms with E-state index in [1.54, 1.807) is 25.3 Å². The van der Waals surface area contributed by atoms with Crippen LogP contribution in [0, 0.1) is 0 Å². The zero-order valence-corrected chi connectivity index (χ0v) is 15.8. The highest BCUT2D eigenvalue weighted by Crippen LogP contribution is 2.22. The van der Waals surface area contributed by atoms with Gasteiger partial charge in [-0.3, -0.25) is 14.2 Å². The summed E-state index contributed by atoms with van der Waals surface area (Å²) >= 11 is 3.41. The lowest BCUT2D eigenvalue weighted by atomic mass is 10.2. The van der Waals surface area contributed by atoms with Crippen molar-refractivity contribution in [3.63, 3.8) is 0 Å². The van der Waals surface area contributed by atoms with Crippen LogP contribution in [0.15, 0.2) is 58.1 Å². The molecular weight excluding hydrogens is 398 g/mol. The number of nitrogens with one attached hydrogen (secondary N) is 1. The second-order valence-corrected chi connectivity index (χ2v) is 6.66. The van der Waals surface area contributed by atoms with Crippen LogP contribution >= 0.6 is 15.9 Å². The third-order valence-electron chi connectivity index (χ3n) is 4.03. The fourth-order valence-electron chi connectivity index (χ4n) is 2.65. The van der Waals surface area contributed by atoms with Crippen LogP contribution in [0.3, 0.4) is 0 Å². The molecule has 3 aromatic rings. The maximum absolute atomic E-state index is 12.4. The van der Waals surface area contributed by atoms with Gasteiger partial charge >= 0.3 is 0 Å². The Morgan fingerprint density at radius 2 is 2.08 bits per heavy atom. The number of aryl methyl sites for hydroxylation is 1. The van der Waals surface area contributed by atoms with Crippen LogP contribution in [-0.4, -0.2) is 22.6 Å². The summed E-state index contributed by atoms with van der Waals surface area (Å²) in [6, 6.07) is 12.8. The summed E-state index contributed by atoms with van der Waals surface area (Å²) in [7, 11) is 1.59. The van der Waals surface area contributed by atoms with Gasteiger partial charge in [0, 0.05) is 29.5 Å². The van der Waals surface area contributed by atoms with Crippen molar-refractivity contribution in [2.75, 3.05) is 7.11 Å². The fourth-order valence-corrected chi connectivity index (χ4v) is 3.06. The standard InChI is InChI=1S/C19H18BrN3O3/c1-26-17-7-6-14(20)10-13(17)11-21-18(24)8-9-23-12-22-16-5-3-2-4-15(16)19(23)25/h2-7,10,12H,8-9,11H2,1H3,(H,21,24). The number of para-hydroxylation sites is 1. The van der Waals surface area contributed by atoms with Gasteiger partial charge in [0.2, 0.25) is 5.91 Å². The molecule has 0 aliphatic rings. The average molecular weight is 416 g/mol. The van der Waals surface area contributed by atoms with Gasteiger partial charge in [0.15, 0.2) is 0 Å². The Balaban J connectivity index is 1.62. The van der Waals surface area contributed by atoms with E-state index in [1.165, 1.54) is 10.9 Å². The third-order valence-corrected chi connectivity index (χ3v) is 4.52. The van der Waals surface area contributed by atoms with Crippen molar-refractivity contribution in [2.45, 2.75) is 19.5 Å². The molecule has 26 heavy (non-hydrogen) atoms. The highest BCUT2D eigenvalue weighted by atomic mass is 79.9. The Hall–Kier alpha value is -2.67. The molecule has 0 saturated carbocycles. The first-order valence-electron chi connectivity index (χ1n) is 8.12. The van der Waals surface area contributed by atoms with Crippen molar-refractivity contribution in [3.05, 3.63) is 69.2 Å². The van der Waals surface area contributed by atoms with Gasteiger partial charge in [-0.1, -0.05) is 28.1 Å². The minimum Gasteiger partial charge on any atom is -0.496 e. The second-order valence-electron chi connectivity index (χ2n) is 5.74. The molecular formula is C19H18BrN3O3. The third kappa shape index (κ3) is 4.11. The van der Waals surface area contributed by atoms with Crippen molar-refractivity contribution in [2.24, 2.45) is 0 Å². The van der Waals surface area contributed by atoms with Crippen LogP contribution in [-0.2, 0) is 17.9 Å². The van der Waals surface area contributed by atoms with Gasteiger partial charge in [0.25, 0.3) is 5.56 Å². The normalized spacial score (nSPS) is 10.7. The Bertz CT molecular complexity index is 1000. The molecule has 0 radical (unpaired) electrons. The molecule has 0 fully saturated rings. The minimum absolute atomic E-state index is 0.142. The highest BCUT2D eigenvalue weighted by molar-refractivity contribution is 9.10. The summed E-state index contributed by atoms with van der Waals surface area (Å²) < 4.78 is 7.67. The molecule has 1 aromatic heterocycles. The molecule has 1 heterocycles. The van der Waals surface area contributed by atoms with E-state index in [9.17, 15) is 9.59 Å². The van der Waals surface area contributed by atoms with Crippen molar-refractivity contribution >= 4 is 32.7 Å². The second kappa shape index (κ2) is 8.14. The Kier molecular flexibility index (Phi) is 5.68. The first-order valence-corrected chi connectivity index (χ1v) is 8.91. The zero-order chi connectivity index (χ0) is 18.5. The van der Waals surface area contributed by atoms with Crippen LogP contribution in [0.2, 0.25) is 0 Å². The van der Waals surface area contributed by atoms with Crippen LogP contribution in [0.25, 0.3) is 10.9 Å². The molecule has 0 atom stereocenters. The number of fused-ring (bicyclic) bond motifs is 1. The smallest absolute Gasteiger partial charge is 0.261 e. The maximum Gasteiger partial charge on any atom is 0.261 e. The molecule has 7 heteroatoms. The van der Waals surface area contributed by atoms with E-state index in [4.69, 9.17) is 4.74 Å². The lowest BCUT2D eigenvalue weighted by Crippen LogP contribution is -2.27. The first-order chi connectivity index (χ1) is 12.6. The SMILES string of the molecule is COc1ccc(Br)cc1CNC(=O)CCn1cnc2ccccc2c1=O. The summed E-state index contributed by atoms with van der Waals surface area (Å²) in [5, 5.41) is 3.40. The molecule has 134 valence electrons. The highest BCUT2D eigenvalue weighted by Gasteiger charge is 2.08. The monoisotopic (exact) mass is 415 g/mol. The van der Waals surface area contributed by atoms with Crippen LogP contribution in [0.1, 0.15) is 12.0 Å². The summed E-state index contributed by atoms with van der Waals surface area (Å²) in [4.78, 5) is 28.8. The van der Waals surface area contributed by atoms with Crippen LogP contribution in [0.5, 0.6) is 5.75 Å². The molecule has 1 amide bonds. The van der Waals surface area contributed by atoms with E-state index in [0.29, 0.717) is 23.2 Å². The molecule has 0 spiro atoms. The van der Waals surface area contributed by atoms with Crippen molar-refractivity contribution < 1.29 is 9.53 Å². The Morgan fingerprint density at radius 3 is 2.88 bits per heavy atom. The molecule has 0 aliphatic carbocycles. The Morgan fingerprint density at radius 1 is 1.27 bits per heavy atom. The lowest BCUT2D eigenvalue weighted by Gasteiger charge is -2.11. The van der Waals surface area contributed by atoms with Crippen LogP contribution in [0.4, 0.5) is 0 Å². The van der Waals surface area contributed by atoms with Gasteiger partial charge in [-0.05, 0) is 30.3 Å². The predicted octanol–water partition coefficient (Wildman–Crippen LogP) is 2.87. The van der Waals surface area contributed by atoms with E-state index in [-0.39, 0.29) is 24.4 Å². The van der Waals surface area contributed by atoms with Gasteiger partial charge in [-0.25, -0.2) is 4.98 Å². The quantitative estimate of drug-likeness (QED) is 0.671. The first kappa shape index (κ1) is 18.1. The van der Waals surface area contributed by atoms with Crippen molar-refractivity contribution in [3.8, 4) is 5.75 Å². The van der Waals surface area contributed by atoms with Crippen molar-refractivity contribution in [1.82, 2.24) is 14.9 Å². The number of rotatable bonds is 6. The number of hydrogen-bond acceptors (Lipinski definition) is 4. The molecule has 0 aliphatic heterocycles.